The van der Waals surface area contributed by atoms with E-state index < -0.39 is 35.5 Å². The van der Waals surface area contributed by atoms with Crippen LogP contribution in [0.1, 0.15) is 32.1 Å². The maximum atomic E-state index is 12.9. The number of fused-ring (bicyclic) bond motifs is 1. The quantitative estimate of drug-likeness (QED) is 0.540. The number of thiophene rings is 1. The molecule has 37 heavy (non-hydrogen) atoms. The summed E-state index contributed by atoms with van der Waals surface area (Å²) in [5.74, 6) is -0.858. The summed E-state index contributed by atoms with van der Waals surface area (Å²) in [6.45, 7) is 6.17. The van der Waals surface area contributed by atoms with E-state index >= 15 is 0 Å². The summed E-state index contributed by atoms with van der Waals surface area (Å²) in [6.07, 6.45) is -0.478. The van der Waals surface area contributed by atoms with Crippen LogP contribution in [-0.4, -0.2) is 58.9 Å². The van der Waals surface area contributed by atoms with Crippen molar-refractivity contribution in [1.82, 2.24) is 14.8 Å². The molecule has 3 heterocycles. The number of nitrogens with one attached hydrogen (secondary N) is 1. The minimum atomic E-state index is -0.891. The van der Waals surface area contributed by atoms with Gasteiger partial charge in [-0.2, -0.15) is 5.26 Å². The Morgan fingerprint density at radius 3 is 2.81 bits per heavy atom. The third-order valence-corrected chi connectivity index (χ3v) is 6.99. The maximum Gasteiger partial charge on any atom is 0.419 e. The van der Waals surface area contributed by atoms with E-state index in [-0.39, 0.29) is 6.54 Å². The van der Waals surface area contributed by atoms with E-state index in [0.717, 1.165) is 15.3 Å². The number of oxazole rings is 1. The van der Waals surface area contributed by atoms with Crippen LogP contribution in [0.25, 0.3) is 21.5 Å². The summed E-state index contributed by atoms with van der Waals surface area (Å²) >= 11 is 1.51. The second-order valence-electron chi connectivity index (χ2n) is 9.91. The van der Waals surface area contributed by atoms with Crippen LogP contribution in [0, 0.1) is 11.3 Å². The molecule has 0 unspecified atom stereocenters. The Morgan fingerprint density at radius 2 is 2.08 bits per heavy atom. The highest BCUT2D eigenvalue weighted by Crippen LogP contribution is 2.31. The van der Waals surface area contributed by atoms with Gasteiger partial charge >= 0.3 is 11.8 Å². The van der Waals surface area contributed by atoms with E-state index in [0.29, 0.717) is 37.1 Å². The lowest BCUT2D eigenvalue weighted by molar-refractivity contribution is -0.133. The van der Waals surface area contributed by atoms with Crippen molar-refractivity contribution in [2.24, 2.45) is 7.05 Å². The maximum absolute atomic E-state index is 12.9. The Labute approximate surface area is 218 Å². The molecule has 0 bridgehead atoms. The lowest BCUT2D eigenvalue weighted by atomic mass is 10.1. The molecule has 2 amide bonds. The number of carbonyl (C=O) groups excluding carboxylic acids is 2. The topological polar surface area (TPSA) is 127 Å². The van der Waals surface area contributed by atoms with Crippen molar-refractivity contribution in [2.75, 3.05) is 19.7 Å². The first-order chi connectivity index (χ1) is 17.5. The monoisotopic (exact) mass is 526 g/mol. The highest BCUT2D eigenvalue weighted by molar-refractivity contribution is 7.15. The first-order valence-corrected chi connectivity index (χ1v) is 12.8. The van der Waals surface area contributed by atoms with Crippen molar-refractivity contribution in [1.29, 1.82) is 5.26 Å². The number of amides is 2. The number of nitrogens with zero attached hydrogens (tertiary/aromatic N) is 3. The van der Waals surface area contributed by atoms with Crippen molar-refractivity contribution in [3.05, 3.63) is 45.8 Å². The fraction of sp³-hybridized carbons (Fsp3) is 0.462. The molecule has 196 valence electrons. The summed E-state index contributed by atoms with van der Waals surface area (Å²) in [7, 11) is 1.66. The molecule has 4 rings (SSSR count). The highest BCUT2D eigenvalue weighted by atomic mass is 32.1. The third kappa shape index (κ3) is 6.39. The zero-order valence-corrected chi connectivity index (χ0v) is 22.1. The van der Waals surface area contributed by atoms with Crippen LogP contribution in [0.3, 0.4) is 0 Å². The van der Waals surface area contributed by atoms with Crippen LogP contribution < -0.4 is 11.1 Å². The number of nitriles is 1. The lowest BCUT2D eigenvalue weighted by Crippen LogP contribution is -2.48. The summed E-state index contributed by atoms with van der Waals surface area (Å²) in [4.78, 5) is 40.6. The van der Waals surface area contributed by atoms with E-state index in [1.165, 1.54) is 20.8 Å². The molecule has 0 radical (unpaired) electrons. The molecule has 0 aliphatic carbocycles. The molecule has 3 aromatic rings. The van der Waals surface area contributed by atoms with Gasteiger partial charge in [-0.05, 0) is 63.1 Å². The molecule has 11 heteroatoms. The average molecular weight is 527 g/mol. The molecule has 2 atom stereocenters. The normalized spacial score (nSPS) is 17.2. The molecule has 1 aliphatic rings. The molecular formula is C26H30N4O6S. The van der Waals surface area contributed by atoms with Crippen LogP contribution in [-0.2, 0) is 27.7 Å². The predicted octanol–water partition coefficient (Wildman–Crippen LogP) is 3.44. The predicted molar refractivity (Wildman–Crippen MR) is 138 cm³/mol. The van der Waals surface area contributed by atoms with E-state index in [1.54, 1.807) is 33.9 Å². The Morgan fingerprint density at radius 1 is 1.30 bits per heavy atom. The minimum Gasteiger partial charge on any atom is -0.444 e. The van der Waals surface area contributed by atoms with Crippen molar-refractivity contribution >= 4 is 34.4 Å². The molecule has 1 aromatic carbocycles. The van der Waals surface area contributed by atoms with Gasteiger partial charge in [0.2, 0.25) is 0 Å². The van der Waals surface area contributed by atoms with Gasteiger partial charge in [0, 0.05) is 36.4 Å². The van der Waals surface area contributed by atoms with Crippen LogP contribution in [0.4, 0.5) is 4.79 Å². The number of hydrogen-bond donors (Lipinski definition) is 1. The Hall–Kier alpha value is -3.62. The summed E-state index contributed by atoms with van der Waals surface area (Å²) in [5.41, 5.74) is 1.50. The molecule has 2 aromatic heterocycles. The highest BCUT2D eigenvalue weighted by Gasteiger charge is 2.31. The molecule has 1 N–H and O–H groups in total. The lowest BCUT2D eigenvalue weighted by Gasteiger charge is -2.27. The SMILES string of the molecule is Cn1c(=O)oc2ccc(-c3ccc(C[C@@H](C#N)NC(=O)[C@@H]4CN(C(=O)OC(C)(C)C)CCCO4)s3)cc21. The van der Waals surface area contributed by atoms with Gasteiger partial charge in [0.25, 0.3) is 5.91 Å². The summed E-state index contributed by atoms with van der Waals surface area (Å²) in [6, 6.07) is 10.8. The molecule has 1 saturated heterocycles. The van der Waals surface area contributed by atoms with Gasteiger partial charge in [-0.3, -0.25) is 9.36 Å². The number of aryl methyl sites for hydroxylation is 1. The Kier molecular flexibility index (Phi) is 7.71. The minimum absolute atomic E-state index is 0.0566. The smallest absolute Gasteiger partial charge is 0.419 e. The Balaban J connectivity index is 1.40. The van der Waals surface area contributed by atoms with Gasteiger partial charge in [-0.1, -0.05) is 0 Å². The van der Waals surface area contributed by atoms with Crippen LogP contribution in [0.2, 0.25) is 0 Å². The van der Waals surface area contributed by atoms with E-state index in [9.17, 15) is 19.6 Å². The van der Waals surface area contributed by atoms with Gasteiger partial charge in [-0.25, -0.2) is 9.59 Å². The van der Waals surface area contributed by atoms with Crippen molar-refractivity contribution in [3.8, 4) is 16.5 Å². The van der Waals surface area contributed by atoms with Crippen LogP contribution in [0.15, 0.2) is 39.5 Å². The summed E-state index contributed by atoms with van der Waals surface area (Å²) in [5, 5.41) is 12.5. The largest absolute Gasteiger partial charge is 0.444 e. The van der Waals surface area contributed by atoms with Gasteiger partial charge in [-0.15, -0.1) is 11.3 Å². The molecule has 0 spiro atoms. The standard InChI is InChI=1S/C26H30N4O6S/c1-26(2,3)36-25(33)30-10-5-11-34-21(15-30)23(31)28-17(14-27)13-18-7-9-22(37-18)16-6-8-20-19(12-16)29(4)24(32)35-20/h6-9,12,17,21H,5,10-11,13,15H2,1-4H3,(H,28,31)/t17-,21-/m0/s1. The molecule has 1 fully saturated rings. The van der Waals surface area contributed by atoms with Crippen LogP contribution >= 0.6 is 11.3 Å². The van der Waals surface area contributed by atoms with Gasteiger partial charge < -0.3 is 24.1 Å². The number of benzene rings is 1. The zero-order chi connectivity index (χ0) is 26.7. The number of ether oxygens (including phenoxy) is 2. The van der Waals surface area contributed by atoms with E-state index in [4.69, 9.17) is 13.9 Å². The number of hydrogen-bond acceptors (Lipinski definition) is 8. The fourth-order valence-corrected chi connectivity index (χ4v) is 5.04. The number of rotatable bonds is 5. The fourth-order valence-electron chi connectivity index (χ4n) is 3.99. The number of aromatic nitrogens is 1. The van der Waals surface area contributed by atoms with Crippen molar-refractivity contribution in [3.63, 3.8) is 0 Å². The zero-order valence-electron chi connectivity index (χ0n) is 21.3. The van der Waals surface area contributed by atoms with E-state index in [1.807, 2.05) is 24.3 Å². The molecule has 0 saturated carbocycles. The van der Waals surface area contributed by atoms with Gasteiger partial charge in [0.15, 0.2) is 11.7 Å². The molecule has 10 nitrogen and oxygen atoms in total. The third-order valence-electron chi connectivity index (χ3n) is 5.84. The van der Waals surface area contributed by atoms with Crippen LogP contribution in [0.5, 0.6) is 0 Å². The molecular weight excluding hydrogens is 496 g/mol. The van der Waals surface area contributed by atoms with Gasteiger partial charge in [0.1, 0.15) is 11.6 Å². The van der Waals surface area contributed by atoms with Crippen molar-refractivity contribution < 1.29 is 23.5 Å². The van der Waals surface area contributed by atoms with Crippen molar-refractivity contribution in [2.45, 2.75) is 51.4 Å². The average Bonchev–Trinajstić information content (AvgIpc) is 3.30. The second-order valence-corrected chi connectivity index (χ2v) is 11.1. The molecule has 1 aliphatic heterocycles. The van der Waals surface area contributed by atoms with E-state index in [2.05, 4.69) is 11.4 Å². The van der Waals surface area contributed by atoms with Gasteiger partial charge in [0.05, 0.1) is 18.1 Å². The second kappa shape index (κ2) is 10.8. The Bertz CT molecular complexity index is 1390. The first-order valence-electron chi connectivity index (χ1n) is 12.0. The first kappa shape index (κ1) is 26.4. The summed E-state index contributed by atoms with van der Waals surface area (Å²) < 4.78 is 17.8. The number of carbonyl (C=O) groups is 2.